The van der Waals surface area contributed by atoms with E-state index in [4.69, 9.17) is 0 Å². The third-order valence-corrected chi connectivity index (χ3v) is 6.30. The molecule has 4 heteroatoms. The highest BCUT2D eigenvalue weighted by molar-refractivity contribution is 7.14. The van der Waals surface area contributed by atoms with Gasteiger partial charge in [-0.25, -0.2) is 0 Å². The lowest BCUT2D eigenvalue weighted by molar-refractivity contribution is 0.0953. The quantitative estimate of drug-likeness (QED) is 0.840. The Kier molecular flexibility index (Phi) is 5.53. The zero-order valence-corrected chi connectivity index (χ0v) is 14.5. The molecule has 1 N–H and O–H groups in total. The SMILES string of the molecule is CC1CCCCN1CCCNC(=O)c1cc2c(s1)CCCC2. The van der Waals surface area contributed by atoms with Gasteiger partial charge in [-0.2, -0.15) is 0 Å². The highest BCUT2D eigenvalue weighted by Gasteiger charge is 2.18. The molecule has 1 fully saturated rings. The van der Waals surface area contributed by atoms with Crippen LogP contribution in [0, 0.1) is 0 Å². The molecule has 122 valence electrons. The Morgan fingerprint density at radius 3 is 3.00 bits per heavy atom. The predicted molar refractivity (Wildman–Crippen MR) is 92.8 cm³/mol. The molecule has 2 heterocycles. The van der Waals surface area contributed by atoms with E-state index in [-0.39, 0.29) is 5.91 Å². The first-order valence-corrected chi connectivity index (χ1v) is 9.69. The van der Waals surface area contributed by atoms with Crippen LogP contribution in [0.2, 0.25) is 0 Å². The van der Waals surface area contributed by atoms with Crippen LogP contribution in [0.4, 0.5) is 0 Å². The first-order valence-electron chi connectivity index (χ1n) is 8.88. The van der Waals surface area contributed by atoms with Crippen molar-refractivity contribution in [3.63, 3.8) is 0 Å². The molecule has 0 bridgehead atoms. The third-order valence-electron chi connectivity index (χ3n) is 5.07. The van der Waals surface area contributed by atoms with Crippen LogP contribution in [-0.2, 0) is 12.8 Å². The van der Waals surface area contributed by atoms with E-state index in [1.165, 1.54) is 55.5 Å². The van der Waals surface area contributed by atoms with Gasteiger partial charge in [-0.15, -0.1) is 11.3 Å². The van der Waals surface area contributed by atoms with E-state index in [1.807, 2.05) is 0 Å². The smallest absolute Gasteiger partial charge is 0.261 e. The molecule has 0 radical (unpaired) electrons. The number of aryl methyl sites for hydroxylation is 2. The maximum atomic E-state index is 12.3. The van der Waals surface area contributed by atoms with Gasteiger partial charge in [0.1, 0.15) is 0 Å². The lowest BCUT2D eigenvalue weighted by Crippen LogP contribution is -2.39. The molecule has 1 aromatic heterocycles. The van der Waals surface area contributed by atoms with E-state index in [0.717, 1.165) is 30.8 Å². The Hall–Kier alpha value is -0.870. The molecule has 1 saturated heterocycles. The number of carbonyl (C=O) groups excluding carboxylic acids is 1. The van der Waals surface area contributed by atoms with E-state index >= 15 is 0 Å². The summed E-state index contributed by atoms with van der Waals surface area (Å²) in [5.74, 6) is 0.131. The number of hydrogen-bond donors (Lipinski definition) is 1. The number of nitrogens with one attached hydrogen (secondary N) is 1. The summed E-state index contributed by atoms with van der Waals surface area (Å²) in [6.45, 7) is 5.47. The number of rotatable bonds is 5. The molecule has 22 heavy (non-hydrogen) atoms. The van der Waals surface area contributed by atoms with Gasteiger partial charge in [0.25, 0.3) is 5.91 Å². The number of amides is 1. The molecular formula is C18H28N2OS. The Morgan fingerprint density at radius 1 is 1.32 bits per heavy atom. The topological polar surface area (TPSA) is 32.3 Å². The summed E-state index contributed by atoms with van der Waals surface area (Å²) in [6, 6.07) is 2.84. The van der Waals surface area contributed by atoms with Gasteiger partial charge in [0.05, 0.1) is 4.88 Å². The van der Waals surface area contributed by atoms with Crippen LogP contribution in [0.25, 0.3) is 0 Å². The van der Waals surface area contributed by atoms with Gasteiger partial charge in [-0.05, 0) is 70.0 Å². The van der Waals surface area contributed by atoms with Crippen molar-refractivity contribution in [2.75, 3.05) is 19.6 Å². The minimum absolute atomic E-state index is 0.131. The molecule has 0 aromatic carbocycles. The second-order valence-corrected chi connectivity index (χ2v) is 7.89. The summed E-state index contributed by atoms with van der Waals surface area (Å²) in [5, 5.41) is 3.11. The average Bonchev–Trinajstić information content (AvgIpc) is 2.97. The molecule has 1 amide bonds. The number of thiophene rings is 1. The Labute approximate surface area is 138 Å². The maximum Gasteiger partial charge on any atom is 0.261 e. The zero-order chi connectivity index (χ0) is 15.4. The Balaban J connectivity index is 1.41. The van der Waals surface area contributed by atoms with Gasteiger partial charge >= 0.3 is 0 Å². The number of nitrogens with zero attached hydrogens (tertiary/aromatic N) is 1. The van der Waals surface area contributed by atoms with Crippen molar-refractivity contribution in [3.05, 3.63) is 21.4 Å². The van der Waals surface area contributed by atoms with Crippen LogP contribution in [-0.4, -0.2) is 36.5 Å². The van der Waals surface area contributed by atoms with Crippen molar-refractivity contribution >= 4 is 17.2 Å². The van der Waals surface area contributed by atoms with E-state index in [2.05, 4.69) is 23.2 Å². The van der Waals surface area contributed by atoms with E-state index in [1.54, 1.807) is 11.3 Å². The van der Waals surface area contributed by atoms with Crippen LogP contribution >= 0.6 is 11.3 Å². The molecule has 2 aliphatic rings. The first-order chi connectivity index (χ1) is 10.7. The standard InChI is InChI=1S/C18H28N2OS/c1-14-7-4-5-11-20(14)12-6-10-19-18(21)17-13-15-8-2-3-9-16(15)22-17/h13-14H,2-12H2,1H3,(H,19,21). The molecule has 1 aliphatic heterocycles. The lowest BCUT2D eigenvalue weighted by atomic mass is 9.99. The van der Waals surface area contributed by atoms with Crippen molar-refractivity contribution in [2.24, 2.45) is 0 Å². The fourth-order valence-electron chi connectivity index (χ4n) is 3.66. The number of likely N-dealkylation sites (tertiary alicyclic amines) is 1. The molecule has 1 unspecified atom stereocenters. The summed E-state index contributed by atoms with van der Waals surface area (Å²) in [7, 11) is 0. The zero-order valence-electron chi connectivity index (χ0n) is 13.7. The molecule has 1 aromatic rings. The van der Waals surface area contributed by atoms with E-state index in [0.29, 0.717) is 6.04 Å². The monoisotopic (exact) mass is 320 g/mol. The summed E-state index contributed by atoms with van der Waals surface area (Å²) >= 11 is 1.71. The second-order valence-electron chi connectivity index (χ2n) is 6.76. The molecule has 1 aliphatic carbocycles. The minimum atomic E-state index is 0.131. The Morgan fingerprint density at radius 2 is 2.18 bits per heavy atom. The summed E-state index contributed by atoms with van der Waals surface area (Å²) in [6.07, 6.45) is 9.97. The van der Waals surface area contributed by atoms with Gasteiger partial charge in [0.2, 0.25) is 0 Å². The van der Waals surface area contributed by atoms with Crippen LogP contribution in [0.1, 0.15) is 65.6 Å². The second kappa shape index (κ2) is 7.60. The number of piperidine rings is 1. The van der Waals surface area contributed by atoms with Gasteiger partial charge in [-0.3, -0.25) is 4.79 Å². The Bertz CT molecular complexity index is 488. The van der Waals surface area contributed by atoms with Crippen LogP contribution < -0.4 is 5.32 Å². The molecule has 1 atom stereocenters. The van der Waals surface area contributed by atoms with Gasteiger partial charge in [-0.1, -0.05) is 6.42 Å². The lowest BCUT2D eigenvalue weighted by Gasteiger charge is -2.33. The average molecular weight is 321 g/mol. The van der Waals surface area contributed by atoms with Crippen LogP contribution in [0.15, 0.2) is 6.07 Å². The number of carbonyl (C=O) groups is 1. The number of hydrogen-bond acceptors (Lipinski definition) is 3. The van der Waals surface area contributed by atoms with Crippen LogP contribution in [0.3, 0.4) is 0 Å². The molecule has 3 rings (SSSR count). The van der Waals surface area contributed by atoms with Gasteiger partial charge in [0.15, 0.2) is 0 Å². The van der Waals surface area contributed by atoms with Crippen molar-refractivity contribution in [1.82, 2.24) is 10.2 Å². The molecule has 0 spiro atoms. The predicted octanol–water partition coefficient (Wildman–Crippen LogP) is 3.62. The molecule has 3 nitrogen and oxygen atoms in total. The highest BCUT2D eigenvalue weighted by Crippen LogP contribution is 2.29. The summed E-state index contributed by atoms with van der Waals surface area (Å²) in [4.78, 5) is 17.2. The van der Waals surface area contributed by atoms with Gasteiger partial charge < -0.3 is 10.2 Å². The molecular weight excluding hydrogens is 292 g/mol. The first kappa shape index (κ1) is 16.0. The van der Waals surface area contributed by atoms with Crippen LogP contribution in [0.5, 0.6) is 0 Å². The number of fused-ring (bicyclic) bond motifs is 1. The summed E-state index contributed by atoms with van der Waals surface area (Å²) < 4.78 is 0. The van der Waals surface area contributed by atoms with Crippen molar-refractivity contribution < 1.29 is 4.79 Å². The maximum absolute atomic E-state index is 12.3. The summed E-state index contributed by atoms with van der Waals surface area (Å²) in [5.41, 5.74) is 1.42. The largest absolute Gasteiger partial charge is 0.351 e. The minimum Gasteiger partial charge on any atom is -0.351 e. The fraction of sp³-hybridized carbons (Fsp3) is 0.722. The van der Waals surface area contributed by atoms with Crippen molar-refractivity contribution in [1.29, 1.82) is 0 Å². The normalized spacial score (nSPS) is 22.3. The fourth-order valence-corrected chi connectivity index (χ4v) is 4.83. The highest BCUT2D eigenvalue weighted by atomic mass is 32.1. The van der Waals surface area contributed by atoms with E-state index < -0.39 is 0 Å². The molecule has 0 saturated carbocycles. The van der Waals surface area contributed by atoms with Gasteiger partial charge in [0, 0.05) is 24.0 Å². The van der Waals surface area contributed by atoms with E-state index in [9.17, 15) is 4.79 Å². The van der Waals surface area contributed by atoms with Crippen molar-refractivity contribution in [2.45, 2.75) is 64.3 Å². The third kappa shape index (κ3) is 3.90. The van der Waals surface area contributed by atoms with Crippen molar-refractivity contribution in [3.8, 4) is 0 Å².